The number of hydrogen-bond acceptors (Lipinski definition) is 5. The second-order valence-electron chi connectivity index (χ2n) is 4.54. The van der Waals surface area contributed by atoms with Gasteiger partial charge < -0.3 is 0 Å². The van der Waals surface area contributed by atoms with Crippen LogP contribution < -0.4 is 0 Å². The highest BCUT2D eigenvalue weighted by Crippen LogP contribution is 2.38. The SMILES string of the molecule is Cc1ccc(Sc2ccc([N+](=O)[O-])cc2[N+](=O)[O-])c(C)c1. The van der Waals surface area contributed by atoms with Gasteiger partial charge in [-0.3, -0.25) is 20.2 Å². The lowest BCUT2D eigenvalue weighted by Crippen LogP contribution is -1.94. The van der Waals surface area contributed by atoms with E-state index in [1.165, 1.54) is 23.9 Å². The summed E-state index contributed by atoms with van der Waals surface area (Å²) in [6.45, 7) is 3.89. The Labute approximate surface area is 125 Å². The molecule has 0 bridgehead atoms. The molecule has 6 nitrogen and oxygen atoms in total. The van der Waals surface area contributed by atoms with Gasteiger partial charge in [-0.2, -0.15) is 0 Å². The topological polar surface area (TPSA) is 86.3 Å². The first-order valence-corrected chi connectivity index (χ1v) is 6.88. The van der Waals surface area contributed by atoms with Crippen LogP contribution in [0.4, 0.5) is 11.4 Å². The highest BCUT2D eigenvalue weighted by molar-refractivity contribution is 7.99. The Bertz CT molecular complexity index is 731. The minimum Gasteiger partial charge on any atom is -0.258 e. The number of nitro groups is 2. The monoisotopic (exact) mass is 304 g/mol. The van der Waals surface area contributed by atoms with Crippen molar-refractivity contribution in [1.29, 1.82) is 0 Å². The van der Waals surface area contributed by atoms with Gasteiger partial charge in [0.05, 0.1) is 20.8 Å². The van der Waals surface area contributed by atoms with E-state index in [4.69, 9.17) is 0 Å². The summed E-state index contributed by atoms with van der Waals surface area (Å²) in [5.41, 5.74) is 1.57. The standard InChI is InChI=1S/C14H12N2O4S/c1-9-3-5-13(10(2)7-9)21-14-6-4-11(15(17)18)8-12(14)16(19)20/h3-8H,1-2H3. The van der Waals surface area contributed by atoms with Gasteiger partial charge in [0.25, 0.3) is 11.4 Å². The minimum atomic E-state index is -0.640. The highest BCUT2D eigenvalue weighted by Gasteiger charge is 2.20. The number of nitro benzene ring substituents is 2. The average molecular weight is 304 g/mol. The van der Waals surface area contributed by atoms with Crippen molar-refractivity contribution in [3.8, 4) is 0 Å². The van der Waals surface area contributed by atoms with Gasteiger partial charge in [-0.25, -0.2) is 0 Å². The molecule has 0 atom stereocenters. The Balaban J connectivity index is 2.44. The van der Waals surface area contributed by atoms with E-state index in [9.17, 15) is 20.2 Å². The molecule has 2 aromatic carbocycles. The first-order chi connectivity index (χ1) is 9.88. The van der Waals surface area contributed by atoms with Crippen LogP contribution in [0, 0.1) is 34.1 Å². The first kappa shape index (κ1) is 15.0. The molecule has 0 amide bonds. The normalized spacial score (nSPS) is 10.4. The summed E-state index contributed by atoms with van der Waals surface area (Å²) < 4.78 is 0. The third-order valence-electron chi connectivity index (χ3n) is 2.90. The summed E-state index contributed by atoms with van der Waals surface area (Å²) in [6.07, 6.45) is 0. The summed E-state index contributed by atoms with van der Waals surface area (Å²) >= 11 is 1.23. The number of aryl methyl sites for hydroxylation is 2. The number of non-ortho nitro benzene ring substituents is 1. The van der Waals surface area contributed by atoms with Gasteiger partial charge >= 0.3 is 0 Å². The largest absolute Gasteiger partial charge is 0.290 e. The maximum absolute atomic E-state index is 11.1. The van der Waals surface area contributed by atoms with Gasteiger partial charge in [0, 0.05) is 11.0 Å². The molecule has 0 fully saturated rings. The van der Waals surface area contributed by atoms with Gasteiger partial charge in [0.2, 0.25) is 0 Å². The molecule has 108 valence electrons. The van der Waals surface area contributed by atoms with Crippen LogP contribution in [0.25, 0.3) is 0 Å². The molecular formula is C14H12N2O4S. The van der Waals surface area contributed by atoms with Crippen LogP contribution in [-0.4, -0.2) is 9.85 Å². The molecule has 2 rings (SSSR count). The third-order valence-corrected chi connectivity index (χ3v) is 4.14. The molecule has 0 spiro atoms. The maximum atomic E-state index is 11.1. The fraction of sp³-hybridized carbons (Fsp3) is 0.143. The summed E-state index contributed by atoms with van der Waals surface area (Å²) in [5.74, 6) is 0. The second-order valence-corrected chi connectivity index (χ2v) is 5.62. The van der Waals surface area contributed by atoms with Crippen LogP contribution in [0.1, 0.15) is 11.1 Å². The number of nitrogens with zero attached hydrogens (tertiary/aromatic N) is 2. The molecule has 0 aliphatic rings. The second kappa shape index (κ2) is 5.92. The Morgan fingerprint density at radius 1 is 0.905 bits per heavy atom. The number of rotatable bonds is 4. The fourth-order valence-electron chi connectivity index (χ4n) is 1.88. The average Bonchev–Trinajstić information content (AvgIpc) is 2.41. The van der Waals surface area contributed by atoms with Crippen molar-refractivity contribution in [2.24, 2.45) is 0 Å². The third kappa shape index (κ3) is 3.38. The van der Waals surface area contributed by atoms with E-state index < -0.39 is 9.85 Å². The minimum absolute atomic E-state index is 0.255. The lowest BCUT2D eigenvalue weighted by atomic mass is 10.2. The highest BCUT2D eigenvalue weighted by atomic mass is 32.2. The molecule has 0 heterocycles. The van der Waals surface area contributed by atoms with E-state index in [0.29, 0.717) is 4.90 Å². The van der Waals surface area contributed by atoms with Crippen molar-refractivity contribution in [3.63, 3.8) is 0 Å². The Morgan fingerprint density at radius 2 is 1.57 bits per heavy atom. The molecular weight excluding hydrogens is 292 g/mol. The zero-order chi connectivity index (χ0) is 15.6. The van der Waals surface area contributed by atoms with Crippen LogP contribution in [0.5, 0.6) is 0 Å². The van der Waals surface area contributed by atoms with Gasteiger partial charge in [-0.1, -0.05) is 29.5 Å². The van der Waals surface area contributed by atoms with Crippen molar-refractivity contribution < 1.29 is 9.85 Å². The van der Waals surface area contributed by atoms with Crippen LogP contribution in [0.15, 0.2) is 46.2 Å². The van der Waals surface area contributed by atoms with Gasteiger partial charge in [-0.05, 0) is 31.5 Å². The molecule has 7 heteroatoms. The maximum Gasteiger partial charge on any atom is 0.290 e. The van der Waals surface area contributed by atoms with E-state index in [0.717, 1.165) is 22.1 Å². The molecule has 0 aliphatic heterocycles. The van der Waals surface area contributed by atoms with Crippen molar-refractivity contribution in [1.82, 2.24) is 0 Å². The molecule has 0 saturated heterocycles. The molecule has 0 radical (unpaired) electrons. The van der Waals surface area contributed by atoms with E-state index in [1.54, 1.807) is 0 Å². The zero-order valence-electron chi connectivity index (χ0n) is 11.4. The first-order valence-electron chi connectivity index (χ1n) is 6.06. The van der Waals surface area contributed by atoms with E-state index in [-0.39, 0.29) is 11.4 Å². The van der Waals surface area contributed by atoms with Crippen molar-refractivity contribution >= 4 is 23.1 Å². The molecule has 0 aromatic heterocycles. The summed E-state index contributed by atoms with van der Waals surface area (Å²) in [4.78, 5) is 21.8. The van der Waals surface area contributed by atoms with Crippen molar-refractivity contribution in [2.75, 3.05) is 0 Å². The van der Waals surface area contributed by atoms with Crippen LogP contribution in [0.2, 0.25) is 0 Å². The molecule has 0 N–H and O–H groups in total. The molecule has 0 unspecified atom stereocenters. The molecule has 0 saturated carbocycles. The summed E-state index contributed by atoms with van der Waals surface area (Å²) in [6, 6.07) is 9.48. The Morgan fingerprint density at radius 3 is 2.14 bits per heavy atom. The fourth-order valence-corrected chi connectivity index (χ4v) is 2.85. The van der Waals surface area contributed by atoms with Gasteiger partial charge in [-0.15, -0.1) is 0 Å². The number of benzene rings is 2. The lowest BCUT2D eigenvalue weighted by Gasteiger charge is -2.07. The summed E-state index contributed by atoms with van der Waals surface area (Å²) in [5, 5.41) is 21.8. The van der Waals surface area contributed by atoms with E-state index >= 15 is 0 Å². The van der Waals surface area contributed by atoms with Gasteiger partial charge in [0.15, 0.2) is 0 Å². The Hall–Kier alpha value is -2.41. The smallest absolute Gasteiger partial charge is 0.258 e. The van der Waals surface area contributed by atoms with E-state index in [2.05, 4.69) is 0 Å². The number of hydrogen-bond donors (Lipinski definition) is 0. The predicted molar refractivity (Wildman–Crippen MR) is 79.8 cm³/mol. The molecule has 2 aromatic rings. The molecule has 0 aliphatic carbocycles. The van der Waals surface area contributed by atoms with Crippen molar-refractivity contribution in [2.45, 2.75) is 23.6 Å². The van der Waals surface area contributed by atoms with E-state index in [1.807, 2.05) is 32.0 Å². The summed E-state index contributed by atoms with van der Waals surface area (Å²) in [7, 11) is 0. The lowest BCUT2D eigenvalue weighted by molar-refractivity contribution is -0.396. The molecule has 21 heavy (non-hydrogen) atoms. The van der Waals surface area contributed by atoms with Gasteiger partial charge in [0.1, 0.15) is 0 Å². The Kier molecular flexibility index (Phi) is 4.23. The quantitative estimate of drug-likeness (QED) is 0.621. The van der Waals surface area contributed by atoms with Crippen molar-refractivity contribution in [3.05, 3.63) is 67.8 Å². The predicted octanol–water partition coefficient (Wildman–Crippen LogP) is 4.27. The van der Waals surface area contributed by atoms with Crippen LogP contribution in [0.3, 0.4) is 0 Å². The van der Waals surface area contributed by atoms with Crippen LogP contribution in [-0.2, 0) is 0 Å². The zero-order valence-corrected chi connectivity index (χ0v) is 12.2. The van der Waals surface area contributed by atoms with Crippen LogP contribution >= 0.6 is 11.8 Å².